The summed E-state index contributed by atoms with van der Waals surface area (Å²) in [4.78, 5) is 0. The summed E-state index contributed by atoms with van der Waals surface area (Å²) >= 11 is -0.472. The molecule has 0 unspecified atom stereocenters. The Morgan fingerprint density at radius 2 is 0.552 bits per heavy atom. The first-order valence-corrected chi connectivity index (χ1v) is 16.5. The van der Waals surface area contributed by atoms with E-state index in [1.54, 1.807) is 0 Å². The van der Waals surface area contributed by atoms with Crippen LogP contribution in [0.25, 0.3) is 0 Å². The third-order valence-corrected chi connectivity index (χ3v) is 6.16. The first kappa shape index (κ1) is 24.3. The minimum absolute atomic E-state index is 0.472. The van der Waals surface area contributed by atoms with Gasteiger partial charge in [0.25, 0.3) is 0 Å². The van der Waals surface area contributed by atoms with Crippen LogP contribution in [0.2, 0.25) is 0 Å². The monoisotopic (exact) mass is 637 g/mol. The van der Waals surface area contributed by atoms with E-state index in [-0.39, 0.29) is 0 Å². The van der Waals surface area contributed by atoms with Gasteiger partial charge in [-0.05, 0) is 21.2 Å². The average Bonchev–Trinajstić information content (AvgIpc) is 2.78. The van der Waals surface area contributed by atoms with E-state index in [0.29, 0.717) is 0 Å². The summed E-state index contributed by atoms with van der Waals surface area (Å²) in [6.07, 6.45) is 0. The third-order valence-electron chi connectivity index (χ3n) is 3.67. The molecule has 0 N–H and O–H groups in total. The van der Waals surface area contributed by atoms with Gasteiger partial charge in [-0.3, -0.25) is 0 Å². The summed E-state index contributed by atoms with van der Waals surface area (Å²) < 4.78 is 0. The number of benzene rings is 4. The van der Waals surface area contributed by atoms with Gasteiger partial charge in [-0.1, -0.05) is 138 Å². The Labute approximate surface area is 194 Å². The second-order valence-corrected chi connectivity index (χ2v) is 11.9. The fraction of sp³-hybridized carbons (Fsp3) is 0. The molecule has 0 nitrogen and oxygen atoms in total. The first-order valence-electron chi connectivity index (χ1n) is 8.88. The SMILES string of the molecule is [Cl][Pt][Cl].c1ccc(Pc2ccccc2)cc1.c1ccc(Pc2ccccc2)cc1. The molecule has 152 valence electrons. The molecule has 0 radical (unpaired) electrons. The Bertz CT molecular complexity index is 741. The van der Waals surface area contributed by atoms with Gasteiger partial charge in [-0.2, -0.15) is 0 Å². The fourth-order valence-electron chi connectivity index (χ4n) is 2.42. The number of halogens is 2. The Hall–Kier alpha value is -0.992. The molecule has 0 bridgehead atoms. The van der Waals surface area contributed by atoms with E-state index in [9.17, 15) is 0 Å². The number of hydrogen-bond acceptors (Lipinski definition) is 0. The van der Waals surface area contributed by atoms with E-state index >= 15 is 0 Å². The van der Waals surface area contributed by atoms with Gasteiger partial charge in [-0.15, -0.1) is 0 Å². The summed E-state index contributed by atoms with van der Waals surface area (Å²) in [5.74, 6) is 0. The van der Waals surface area contributed by atoms with Gasteiger partial charge < -0.3 is 0 Å². The molecule has 0 fully saturated rings. The largest absolute Gasteiger partial charge is 0.0622 e. The van der Waals surface area contributed by atoms with Crippen molar-refractivity contribution in [1.82, 2.24) is 0 Å². The van der Waals surface area contributed by atoms with Crippen LogP contribution in [0, 0.1) is 0 Å². The van der Waals surface area contributed by atoms with Crippen LogP contribution in [0.4, 0.5) is 0 Å². The molecule has 0 aliphatic carbocycles. The zero-order chi connectivity index (χ0) is 20.6. The van der Waals surface area contributed by atoms with Crippen molar-refractivity contribution in [3.63, 3.8) is 0 Å². The zero-order valence-electron chi connectivity index (χ0n) is 15.6. The molecule has 4 aromatic rings. The molecule has 0 spiro atoms. The molecule has 0 saturated carbocycles. The van der Waals surface area contributed by atoms with Gasteiger partial charge in [0.15, 0.2) is 0 Å². The van der Waals surface area contributed by atoms with Crippen molar-refractivity contribution in [3.05, 3.63) is 121 Å². The maximum absolute atomic E-state index is 4.88. The maximum Gasteiger partial charge on any atom is -0.0226 e. The van der Waals surface area contributed by atoms with E-state index in [0.717, 1.165) is 17.2 Å². The van der Waals surface area contributed by atoms with Crippen LogP contribution in [-0.4, -0.2) is 0 Å². The van der Waals surface area contributed by atoms with E-state index in [2.05, 4.69) is 121 Å². The molecule has 0 aliphatic heterocycles. The Morgan fingerprint density at radius 1 is 0.379 bits per heavy atom. The van der Waals surface area contributed by atoms with Crippen LogP contribution >= 0.6 is 36.0 Å². The number of rotatable bonds is 4. The van der Waals surface area contributed by atoms with Crippen LogP contribution in [0.3, 0.4) is 0 Å². The van der Waals surface area contributed by atoms with Gasteiger partial charge >= 0.3 is 35.3 Å². The van der Waals surface area contributed by atoms with Gasteiger partial charge in [0.2, 0.25) is 0 Å². The van der Waals surface area contributed by atoms with Crippen LogP contribution in [0.15, 0.2) is 121 Å². The minimum Gasteiger partial charge on any atom is -0.0622 e. The molecule has 0 saturated heterocycles. The van der Waals surface area contributed by atoms with Crippen LogP contribution in [0.5, 0.6) is 0 Å². The van der Waals surface area contributed by atoms with E-state index < -0.39 is 16.5 Å². The molecule has 29 heavy (non-hydrogen) atoms. The van der Waals surface area contributed by atoms with Gasteiger partial charge in [-0.25, -0.2) is 0 Å². The van der Waals surface area contributed by atoms with Crippen molar-refractivity contribution in [2.45, 2.75) is 0 Å². The second-order valence-electron chi connectivity index (χ2n) is 5.76. The second kappa shape index (κ2) is 15.8. The van der Waals surface area contributed by atoms with E-state index in [4.69, 9.17) is 18.8 Å². The molecule has 0 amide bonds. The normalized spacial score (nSPS) is 9.59. The smallest absolute Gasteiger partial charge is 0.0226 e. The predicted molar refractivity (Wildman–Crippen MR) is 133 cm³/mol. The molecular formula is C24H22Cl2P2Pt. The quantitative estimate of drug-likeness (QED) is 0.241. The topological polar surface area (TPSA) is 0 Å². The zero-order valence-corrected chi connectivity index (χ0v) is 21.4. The first-order chi connectivity index (χ1) is 14.3. The minimum atomic E-state index is -0.472. The molecular weight excluding hydrogens is 616 g/mol. The molecule has 4 rings (SSSR count). The van der Waals surface area contributed by atoms with Crippen molar-refractivity contribution in [1.29, 1.82) is 0 Å². The van der Waals surface area contributed by atoms with Gasteiger partial charge in [0, 0.05) is 0 Å². The van der Waals surface area contributed by atoms with Crippen LogP contribution in [-0.2, 0) is 16.5 Å². The Kier molecular flexibility index (Phi) is 13.2. The van der Waals surface area contributed by atoms with Crippen molar-refractivity contribution in [2.75, 3.05) is 0 Å². The molecule has 5 heteroatoms. The molecule has 0 atom stereocenters. The predicted octanol–water partition coefficient (Wildman–Crippen LogP) is 6.01. The summed E-state index contributed by atoms with van der Waals surface area (Å²) in [5.41, 5.74) is 0. The van der Waals surface area contributed by atoms with Gasteiger partial charge in [0.05, 0.1) is 0 Å². The summed E-state index contributed by atoms with van der Waals surface area (Å²) in [6, 6.07) is 42.3. The third kappa shape index (κ3) is 11.1. The molecule has 0 heterocycles. The van der Waals surface area contributed by atoms with Crippen molar-refractivity contribution in [2.24, 2.45) is 0 Å². The van der Waals surface area contributed by atoms with Crippen LogP contribution in [0.1, 0.15) is 0 Å². The summed E-state index contributed by atoms with van der Waals surface area (Å²) in [6.45, 7) is 0. The standard InChI is InChI=1S/2C12H11P.2ClH.Pt/c2*1-3-7-11(8-4-1)13-12-9-5-2-6-10-12;;;/h2*1-10,13H;2*1H;/q;;;;+2/p-2. The van der Waals surface area contributed by atoms with Crippen molar-refractivity contribution >= 4 is 57.2 Å². The summed E-state index contributed by atoms with van der Waals surface area (Å²) in [7, 11) is 11.3. The fourth-order valence-corrected chi connectivity index (χ4v) is 4.52. The molecule has 4 aromatic carbocycles. The van der Waals surface area contributed by atoms with E-state index in [1.165, 1.54) is 21.2 Å². The van der Waals surface area contributed by atoms with Crippen LogP contribution < -0.4 is 21.2 Å². The molecule has 0 aliphatic rings. The van der Waals surface area contributed by atoms with Crippen molar-refractivity contribution < 1.29 is 16.5 Å². The Morgan fingerprint density at radius 3 is 0.724 bits per heavy atom. The summed E-state index contributed by atoms with van der Waals surface area (Å²) in [5, 5.41) is 5.59. The van der Waals surface area contributed by atoms with Crippen molar-refractivity contribution in [3.8, 4) is 0 Å². The number of hydrogen-bond donors (Lipinski definition) is 0. The maximum atomic E-state index is 4.88. The van der Waals surface area contributed by atoms with Gasteiger partial charge in [0.1, 0.15) is 0 Å². The molecule has 0 aromatic heterocycles. The average molecular weight is 638 g/mol. The van der Waals surface area contributed by atoms with E-state index in [1.807, 2.05) is 0 Å². The Balaban J connectivity index is 0.000000183.